The van der Waals surface area contributed by atoms with E-state index in [2.05, 4.69) is 11.9 Å². The lowest BCUT2D eigenvalue weighted by atomic mass is 9.91. The molecule has 2 unspecified atom stereocenters. The molecule has 2 aliphatic rings. The third-order valence-electron chi connectivity index (χ3n) is 5.38. The first-order chi connectivity index (χ1) is 11.9. The van der Waals surface area contributed by atoms with Crippen LogP contribution in [0.4, 0.5) is 4.39 Å². The fraction of sp³-hybridized carbons (Fsp3) is 0.684. The molecule has 1 saturated carbocycles. The maximum atomic E-state index is 14.1. The van der Waals surface area contributed by atoms with Gasteiger partial charge in [0, 0.05) is 6.08 Å². The number of ether oxygens (including phenoxy) is 1. The highest BCUT2D eigenvalue weighted by Crippen LogP contribution is 2.49. The number of nitrogens with one attached hydrogen (secondary N) is 1. The molecule has 1 saturated heterocycles. The number of hydrogen-bond donors (Lipinski definition) is 1. The van der Waals surface area contributed by atoms with Gasteiger partial charge in [-0.1, -0.05) is 13.5 Å². The number of sulfone groups is 1. The van der Waals surface area contributed by atoms with Gasteiger partial charge in [0.05, 0.1) is 17.3 Å². The van der Waals surface area contributed by atoms with E-state index in [9.17, 15) is 12.8 Å². The lowest BCUT2D eigenvalue weighted by molar-refractivity contribution is 0.207. The zero-order chi connectivity index (χ0) is 18.4. The van der Waals surface area contributed by atoms with Gasteiger partial charge in [-0.3, -0.25) is 0 Å². The Morgan fingerprint density at radius 1 is 1.36 bits per heavy atom. The Balaban J connectivity index is 1.82. The maximum Gasteiger partial charge on any atom is 0.176 e. The first-order valence-electron chi connectivity index (χ1n) is 9.15. The molecule has 0 bridgehead atoms. The molecule has 0 spiro atoms. The summed E-state index contributed by atoms with van der Waals surface area (Å²) in [6.07, 6.45) is 7.29. The van der Waals surface area contributed by atoms with E-state index in [1.807, 2.05) is 0 Å². The van der Waals surface area contributed by atoms with E-state index in [0.29, 0.717) is 12.5 Å². The van der Waals surface area contributed by atoms with Gasteiger partial charge in [-0.2, -0.15) is 0 Å². The Morgan fingerprint density at radius 2 is 2.04 bits per heavy atom. The van der Waals surface area contributed by atoms with Crippen LogP contribution in [0.3, 0.4) is 0 Å². The summed E-state index contributed by atoms with van der Waals surface area (Å²) >= 11 is 0. The summed E-state index contributed by atoms with van der Waals surface area (Å²) in [5.74, 6) is 1.73. The summed E-state index contributed by atoms with van der Waals surface area (Å²) in [7, 11) is -3.53. The maximum absolute atomic E-state index is 14.1. The van der Waals surface area contributed by atoms with Crippen LogP contribution in [0.15, 0.2) is 35.2 Å². The van der Waals surface area contributed by atoms with Crippen LogP contribution in [-0.2, 0) is 14.6 Å². The van der Waals surface area contributed by atoms with Crippen molar-refractivity contribution in [3.05, 3.63) is 35.2 Å². The molecule has 0 aromatic heterocycles. The molecule has 142 valence electrons. The number of allylic oxidation sites excluding steroid dienone is 4. The summed E-state index contributed by atoms with van der Waals surface area (Å²) in [6.45, 7) is 9.15. The molecule has 1 N–H and O–H groups in total. The van der Waals surface area contributed by atoms with Crippen molar-refractivity contribution in [3.8, 4) is 0 Å². The van der Waals surface area contributed by atoms with Gasteiger partial charge in [-0.05, 0) is 69.5 Å². The summed E-state index contributed by atoms with van der Waals surface area (Å²) in [4.78, 5) is -0.258. The van der Waals surface area contributed by atoms with Crippen LogP contribution in [0.1, 0.15) is 39.5 Å². The minimum atomic E-state index is -3.53. The molecule has 2 rings (SSSR count). The molecule has 2 atom stereocenters. The molecule has 1 heterocycles. The van der Waals surface area contributed by atoms with E-state index in [-0.39, 0.29) is 16.4 Å². The van der Waals surface area contributed by atoms with E-state index in [1.54, 1.807) is 0 Å². The van der Waals surface area contributed by atoms with Crippen molar-refractivity contribution in [1.29, 1.82) is 0 Å². The molecule has 2 fully saturated rings. The van der Waals surface area contributed by atoms with Crippen molar-refractivity contribution in [3.63, 3.8) is 0 Å². The van der Waals surface area contributed by atoms with E-state index < -0.39 is 15.7 Å². The van der Waals surface area contributed by atoms with Crippen molar-refractivity contribution < 1.29 is 17.5 Å². The van der Waals surface area contributed by atoms with Gasteiger partial charge in [0.25, 0.3) is 0 Å². The van der Waals surface area contributed by atoms with Crippen LogP contribution < -0.4 is 5.32 Å². The number of hydrogen-bond acceptors (Lipinski definition) is 4. The topological polar surface area (TPSA) is 55.4 Å². The number of halogens is 1. The number of piperidine rings is 1. The Hall–Kier alpha value is -1.14. The minimum absolute atomic E-state index is 0.121. The average Bonchev–Trinajstić information content (AvgIpc) is 3.40. The zero-order valence-electron chi connectivity index (χ0n) is 15.3. The Morgan fingerprint density at radius 3 is 2.64 bits per heavy atom. The molecule has 1 aliphatic heterocycles. The monoisotopic (exact) mass is 371 g/mol. The Bertz CT molecular complexity index is 633. The smallest absolute Gasteiger partial charge is 0.176 e. The summed E-state index contributed by atoms with van der Waals surface area (Å²) in [5.41, 5.74) is 0. The van der Waals surface area contributed by atoms with Crippen molar-refractivity contribution in [2.75, 3.05) is 25.4 Å². The van der Waals surface area contributed by atoms with Crippen LogP contribution >= 0.6 is 0 Å². The van der Waals surface area contributed by atoms with Gasteiger partial charge < -0.3 is 10.1 Å². The molecule has 0 aromatic carbocycles. The van der Waals surface area contributed by atoms with E-state index in [0.717, 1.165) is 37.4 Å². The molecule has 4 nitrogen and oxygen atoms in total. The molecular formula is C19H30FNO3S. The predicted octanol–water partition coefficient (Wildman–Crippen LogP) is 3.73. The van der Waals surface area contributed by atoms with Gasteiger partial charge in [0.1, 0.15) is 11.6 Å². The molecule has 25 heavy (non-hydrogen) atoms. The first-order valence-corrected chi connectivity index (χ1v) is 10.8. The highest BCUT2D eigenvalue weighted by Gasteiger charge is 2.42. The van der Waals surface area contributed by atoms with E-state index in [1.165, 1.54) is 39.2 Å². The molecule has 0 aromatic rings. The largest absolute Gasteiger partial charge is 0.494 e. The van der Waals surface area contributed by atoms with Crippen LogP contribution in [0.2, 0.25) is 0 Å². The number of rotatable bonds is 9. The minimum Gasteiger partial charge on any atom is -0.494 e. The molecular weight excluding hydrogens is 341 g/mol. The normalized spacial score (nSPS) is 26.1. The second-order valence-corrected chi connectivity index (χ2v) is 9.36. The standard InChI is InChI=1S/C19H30FNO3S/c1-4-17(13-19(20)14(3)25(22,23)5-2)24-11-8-16-12-18(16)15-6-9-21-10-7-15/h4,13,15-16,18,21H,1,5-12H2,2-3H3. The van der Waals surface area contributed by atoms with Crippen LogP contribution in [0.25, 0.3) is 0 Å². The van der Waals surface area contributed by atoms with Gasteiger partial charge in [-0.15, -0.1) is 0 Å². The Kier molecular flexibility index (Phi) is 7.25. The summed E-state index contributed by atoms with van der Waals surface area (Å²) in [6, 6.07) is 0. The zero-order valence-corrected chi connectivity index (χ0v) is 16.1. The lowest BCUT2D eigenvalue weighted by Crippen LogP contribution is -2.28. The average molecular weight is 372 g/mol. The predicted molar refractivity (Wildman–Crippen MR) is 99.3 cm³/mol. The quantitative estimate of drug-likeness (QED) is 0.496. The van der Waals surface area contributed by atoms with Crippen LogP contribution in [0.5, 0.6) is 0 Å². The van der Waals surface area contributed by atoms with Gasteiger partial charge >= 0.3 is 0 Å². The second-order valence-electron chi connectivity index (χ2n) is 6.94. The fourth-order valence-electron chi connectivity index (χ4n) is 3.53. The third-order valence-corrected chi connectivity index (χ3v) is 7.27. The van der Waals surface area contributed by atoms with E-state index in [4.69, 9.17) is 4.74 Å². The van der Waals surface area contributed by atoms with Crippen molar-refractivity contribution in [2.45, 2.75) is 39.5 Å². The highest BCUT2D eigenvalue weighted by molar-refractivity contribution is 7.95. The highest BCUT2D eigenvalue weighted by atomic mass is 32.2. The lowest BCUT2D eigenvalue weighted by Gasteiger charge is -2.22. The first kappa shape index (κ1) is 20.2. The molecule has 0 amide bonds. The van der Waals surface area contributed by atoms with Gasteiger partial charge in [-0.25, -0.2) is 12.8 Å². The SMILES string of the molecule is C=CC(=CC(F)=C(C)S(=O)(=O)CC)OCCC1CC1C1CCNCC1. The molecule has 0 radical (unpaired) electrons. The van der Waals surface area contributed by atoms with Crippen molar-refractivity contribution in [2.24, 2.45) is 17.8 Å². The van der Waals surface area contributed by atoms with Crippen molar-refractivity contribution >= 4 is 9.84 Å². The third kappa shape index (κ3) is 5.68. The second kappa shape index (κ2) is 8.99. The fourth-order valence-corrected chi connectivity index (χ4v) is 4.32. The summed E-state index contributed by atoms with van der Waals surface area (Å²) < 4.78 is 43.1. The molecule has 6 heteroatoms. The van der Waals surface area contributed by atoms with Crippen LogP contribution in [0, 0.1) is 17.8 Å². The van der Waals surface area contributed by atoms with Gasteiger partial charge in [0.15, 0.2) is 9.84 Å². The van der Waals surface area contributed by atoms with E-state index >= 15 is 0 Å². The van der Waals surface area contributed by atoms with Crippen LogP contribution in [-0.4, -0.2) is 33.9 Å². The van der Waals surface area contributed by atoms with Gasteiger partial charge in [0.2, 0.25) is 0 Å². The summed E-state index contributed by atoms with van der Waals surface area (Å²) in [5, 5.41) is 3.39. The molecule has 1 aliphatic carbocycles. The van der Waals surface area contributed by atoms with Crippen molar-refractivity contribution in [1.82, 2.24) is 5.32 Å². The Labute approximate surface area is 151 Å².